The molecule has 40 heavy (non-hydrogen) atoms. The Hall–Kier alpha value is -3.12. The molecule has 1 fully saturated rings. The van der Waals surface area contributed by atoms with Crippen LogP contribution in [-0.4, -0.2) is 64.5 Å². The van der Waals surface area contributed by atoms with Gasteiger partial charge >= 0.3 is 11.9 Å². The van der Waals surface area contributed by atoms with Crippen molar-refractivity contribution in [3.05, 3.63) is 52.2 Å². The van der Waals surface area contributed by atoms with Gasteiger partial charge in [0.15, 0.2) is 0 Å². The van der Waals surface area contributed by atoms with Gasteiger partial charge in [0.1, 0.15) is 11.6 Å². The molecule has 214 valence electrons. The van der Waals surface area contributed by atoms with E-state index in [1.54, 1.807) is 9.80 Å². The number of rotatable bonds is 5. The third kappa shape index (κ3) is 4.96. The van der Waals surface area contributed by atoms with Crippen molar-refractivity contribution in [3.63, 3.8) is 0 Å². The largest absolute Gasteiger partial charge is 0.417 e. The Kier molecular flexibility index (Phi) is 7.60. The van der Waals surface area contributed by atoms with Crippen molar-refractivity contribution in [2.75, 3.05) is 37.0 Å². The predicted molar refractivity (Wildman–Crippen MR) is 146 cm³/mol. The highest BCUT2D eigenvalue weighted by atomic mass is 32.2. The summed E-state index contributed by atoms with van der Waals surface area (Å²) >= 11 is 1.23. The molecule has 3 atom stereocenters. The number of carbonyl (C=O) groups is 1. The minimum Gasteiger partial charge on any atom is -0.380 e. The predicted octanol–water partition coefficient (Wildman–Crippen LogP) is 5.35. The number of nitrogens with zero attached hydrogens (tertiary/aromatic N) is 4. The van der Waals surface area contributed by atoms with Gasteiger partial charge < -0.3 is 14.5 Å². The molecule has 0 radical (unpaired) electrons. The van der Waals surface area contributed by atoms with Crippen molar-refractivity contribution in [1.82, 2.24) is 14.5 Å². The van der Waals surface area contributed by atoms with Gasteiger partial charge in [-0.3, -0.25) is 9.36 Å². The molecule has 1 aromatic heterocycles. The Morgan fingerprint density at radius 2 is 1.80 bits per heavy atom. The number of halogens is 4. The molecule has 7 nitrogen and oxygen atoms in total. The van der Waals surface area contributed by atoms with Gasteiger partial charge in [0, 0.05) is 60.3 Å². The number of thioether (sulfide) groups is 1. The third-order valence-corrected chi connectivity index (χ3v) is 8.70. The molecular formula is C28H30F4N4O3S. The lowest BCUT2D eigenvalue weighted by atomic mass is 9.95. The summed E-state index contributed by atoms with van der Waals surface area (Å²) < 4.78 is 64.9. The van der Waals surface area contributed by atoms with Crippen LogP contribution in [0, 0.1) is 5.82 Å². The average Bonchev–Trinajstić information content (AvgIpc) is 2.88. The summed E-state index contributed by atoms with van der Waals surface area (Å²) in [5.41, 5.74) is -0.983. The van der Waals surface area contributed by atoms with Crippen LogP contribution in [-0.2, 0) is 15.7 Å². The average molecular weight is 579 g/mol. The monoisotopic (exact) mass is 578 g/mol. The lowest BCUT2D eigenvalue weighted by Gasteiger charge is -2.45. The van der Waals surface area contributed by atoms with Crippen LogP contribution in [0.15, 0.2) is 40.0 Å². The van der Waals surface area contributed by atoms with E-state index in [2.05, 4.69) is 4.98 Å². The van der Waals surface area contributed by atoms with Gasteiger partial charge in [-0.2, -0.15) is 18.2 Å². The van der Waals surface area contributed by atoms with Gasteiger partial charge in [-0.1, -0.05) is 12.1 Å². The minimum absolute atomic E-state index is 0.0895. The lowest BCUT2D eigenvalue weighted by Crippen LogP contribution is -2.58. The summed E-state index contributed by atoms with van der Waals surface area (Å²) in [5.74, 6) is -0.187. The van der Waals surface area contributed by atoms with Crippen LogP contribution in [0.1, 0.15) is 39.3 Å². The second-order valence-corrected chi connectivity index (χ2v) is 11.3. The van der Waals surface area contributed by atoms with E-state index >= 15 is 0 Å². The maximum atomic E-state index is 14.7. The number of amides is 1. The second-order valence-electron chi connectivity index (χ2n) is 10.3. The zero-order valence-electron chi connectivity index (χ0n) is 22.6. The molecule has 1 amide bonds. The van der Waals surface area contributed by atoms with E-state index < -0.39 is 29.3 Å². The van der Waals surface area contributed by atoms with E-state index in [9.17, 15) is 27.2 Å². The van der Waals surface area contributed by atoms with Gasteiger partial charge in [-0.25, -0.2) is 9.18 Å². The summed E-state index contributed by atoms with van der Waals surface area (Å²) in [6, 6.07) is 5.04. The van der Waals surface area contributed by atoms with Crippen LogP contribution >= 0.6 is 11.8 Å². The first-order chi connectivity index (χ1) is 18.9. The molecule has 0 spiro atoms. The van der Waals surface area contributed by atoms with Crippen LogP contribution in [0.4, 0.5) is 23.4 Å². The highest BCUT2D eigenvalue weighted by Crippen LogP contribution is 2.50. The van der Waals surface area contributed by atoms with Gasteiger partial charge in [-0.05, 0) is 44.5 Å². The van der Waals surface area contributed by atoms with E-state index in [0.29, 0.717) is 35.9 Å². The fourth-order valence-corrected chi connectivity index (χ4v) is 7.27. The Morgan fingerprint density at radius 1 is 1.15 bits per heavy atom. The van der Waals surface area contributed by atoms with Crippen molar-refractivity contribution in [1.29, 1.82) is 0 Å². The number of hydrogen-bond acceptors (Lipinski definition) is 6. The Bertz CT molecular complexity index is 1500. The van der Waals surface area contributed by atoms with Gasteiger partial charge in [0.25, 0.3) is 0 Å². The van der Waals surface area contributed by atoms with E-state index in [-0.39, 0.29) is 46.9 Å². The van der Waals surface area contributed by atoms with Crippen LogP contribution in [0.2, 0.25) is 0 Å². The summed E-state index contributed by atoms with van der Waals surface area (Å²) in [5, 5.41) is 0.206. The van der Waals surface area contributed by atoms with E-state index in [1.807, 2.05) is 20.8 Å². The topological polar surface area (TPSA) is 67.7 Å². The maximum absolute atomic E-state index is 14.7. The van der Waals surface area contributed by atoms with Crippen molar-refractivity contribution in [2.24, 2.45) is 0 Å². The molecule has 0 saturated carbocycles. The normalized spacial score (nSPS) is 21.2. The molecule has 3 heterocycles. The van der Waals surface area contributed by atoms with Crippen molar-refractivity contribution < 1.29 is 27.1 Å². The smallest absolute Gasteiger partial charge is 0.380 e. The Labute approximate surface area is 233 Å². The molecule has 1 saturated heterocycles. The number of ether oxygens (including phenoxy) is 1. The zero-order valence-corrected chi connectivity index (χ0v) is 23.4. The number of benzene rings is 2. The summed E-state index contributed by atoms with van der Waals surface area (Å²) in [4.78, 5) is 34.0. The summed E-state index contributed by atoms with van der Waals surface area (Å²) in [6.45, 7) is 8.28. The van der Waals surface area contributed by atoms with Crippen molar-refractivity contribution in [3.8, 4) is 11.1 Å². The molecule has 0 unspecified atom stereocenters. The number of piperazine rings is 1. The number of hydrogen-bond donors (Lipinski definition) is 0. The first kappa shape index (κ1) is 28.4. The summed E-state index contributed by atoms with van der Waals surface area (Å²) in [6.07, 6.45) is -4.73. The second kappa shape index (κ2) is 10.7. The van der Waals surface area contributed by atoms with Crippen molar-refractivity contribution in [2.45, 2.75) is 56.9 Å². The molecule has 3 aromatic rings. The summed E-state index contributed by atoms with van der Waals surface area (Å²) in [7, 11) is 0. The highest BCUT2D eigenvalue weighted by molar-refractivity contribution is 7.99. The number of aromatic nitrogens is 2. The first-order valence-corrected chi connectivity index (χ1v) is 14.1. The molecule has 2 aromatic carbocycles. The SMILES string of the molecule is CCOC[C@H]1CSc2c(-c3ccc(F)cc3)c(C(F)(F)F)cc3c(N4C[C@@H](C)N(C(C)=O)[C@@H](C)C4)nc(=O)n1c23. The number of alkyl halides is 3. The number of carbonyl (C=O) groups excluding carboxylic acids is 1. The minimum atomic E-state index is -4.73. The van der Waals surface area contributed by atoms with Crippen LogP contribution in [0.3, 0.4) is 0 Å². The fraction of sp³-hybridized carbons (Fsp3) is 0.464. The molecule has 12 heteroatoms. The molecule has 5 rings (SSSR count). The Balaban J connectivity index is 1.82. The Morgan fingerprint density at radius 3 is 2.38 bits per heavy atom. The van der Waals surface area contributed by atoms with Gasteiger partial charge in [0.05, 0.1) is 23.7 Å². The zero-order chi connectivity index (χ0) is 28.9. The van der Waals surface area contributed by atoms with Gasteiger partial charge in [-0.15, -0.1) is 11.8 Å². The highest BCUT2D eigenvalue weighted by Gasteiger charge is 2.40. The molecule has 2 aliphatic rings. The quantitative estimate of drug-likeness (QED) is 0.381. The van der Waals surface area contributed by atoms with Crippen LogP contribution in [0.5, 0.6) is 0 Å². The lowest BCUT2D eigenvalue weighted by molar-refractivity contribution is -0.137. The van der Waals surface area contributed by atoms with E-state index in [4.69, 9.17) is 4.74 Å². The van der Waals surface area contributed by atoms with Crippen molar-refractivity contribution >= 4 is 34.4 Å². The number of anilines is 1. The van der Waals surface area contributed by atoms with E-state index in [0.717, 1.165) is 18.2 Å². The fourth-order valence-electron chi connectivity index (χ4n) is 5.95. The third-order valence-electron chi connectivity index (χ3n) is 7.46. The van der Waals surface area contributed by atoms with Crippen LogP contribution < -0.4 is 10.6 Å². The molecule has 0 aliphatic carbocycles. The molecule has 0 bridgehead atoms. The van der Waals surface area contributed by atoms with Crippen LogP contribution in [0.25, 0.3) is 22.0 Å². The maximum Gasteiger partial charge on any atom is 0.417 e. The molecule has 2 aliphatic heterocycles. The molecule has 0 N–H and O–H groups in total. The van der Waals surface area contributed by atoms with Gasteiger partial charge in [0.2, 0.25) is 5.91 Å². The first-order valence-electron chi connectivity index (χ1n) is 13.1. The molecular weight excluding hydrogens is 548 g/mol. The standard InChI is InChI=1S/C28H30F4N4O3S/c1-5-39-13-20-14-40-25-23(18-6-8-19(29)9-7-18)22(28(30,31)32)10-21-24(25)36(20)27(38)33-26(21)34-11-15(2)35(17(4)37)16(3)12-34/h6-10,15-16,20H,5,11-14H2,1-4H3/t15-,16+,20-/m0/s1. The van der Waals surface area contributed by atoms with E-state index in [1.165, 1.54) is 35.4 Å².